The van der Waals surface area contributed by atoms with Gasteiger partial charge in [-0.3, -0.25) is 4.79 Å². The first-order chi connectivity index (χ1) is 8.10. The van der Waals surface area contributed by atoms with Crippen LogP contribution in [0.1, 0.15) is 23.7 Å². The molecule has 0 atom stereocenters. The number of benzene rings is 1. The molecule has 1 amide bonds. The fraction of sp³-hybridized carbons (Fsp3) is 0.333. The van der Waals surface area contributed by atoms with Gasteiger partial charge >= 0.3 is 0 Å². The van der Waals surface area contributed by atoms with Crippen molar-refractivity contribution in [2.75, 3.05) is 13.1 Å². The zero-order valence-electron chi connectivity index (χ0n) is 9.41. The highest BCUT2D eigenvalue weighted by Gasteiger charge is 2.17. The van der Waals surface area contributed by atoms with Gasteiger partial charge in [-0.15, -0.1) is 0 Å². The van der Waals surface area contributed by atoms with Crippen LogP contribution >= 0.6 is 38.5 Å². The Morgan fingerprint density at radius 3 is 2.88 bits per heavy atom. The Hall–Kier alpha value is -0.610. The predicted octanol–water partition coefficient (Wildman–Crippen LogP) is 3.43. The molecule has 1 aromatic rings. The molecule has 0 spiro atoms. The number of hydrogen-bond donors (Lipinski definition) is 0. The van der Waals surface area contributed by atoms with Gasteiger partial charge in [0.25, 0.3) is 5.91 Å². The van der Waals surface area contributed by atoms with Gasteiger partial charge in [0.05, 0.1) is 11.6 Å². The first-order valence-electron chi connectivity index (χ1n) is 5.21. The van der Waals surface area contributed by atoms with Crippen molar-refractivity contribution in [2.45, 2.75) is 13.3 Å². The maximum atomic E-state index is 12.2. The predicted molar refractivity (Wildman–Crippen MR) is 78.7 cm³/mol. The molecule has 0 aromatic heterocycles. The molecular weight excluding hydrogens is 395 g/mol. The molecule has 0 saturated heterocycles. The van der Waals surface area contributed by atoms with Crippen LogP contribution in [0.15, 0.2) is 22.7 Å². The Labute approximate surface area is 123 Å². The quantitative estimate of drug-likeness (QED) is 0.568. The average Bonchev–Trinajstić information content (AvgIpc) is 2.31. The lowest BCUT2D eigenvalue weighted by atomic mass is 10.2. The SMILES string of the molecule is CCCN(CC#N)C(=O)c1cc(Br)ccc1I. The van der Waals surface area contributed by atoms with E-state index in [4.69, 9.17) is 5.26 Å². The Bertz CT molecular complexity index is 456. The van der Waals surface area contributed by atoms with E-state index >= 15 is 0 Å². The number of nitrogens with zero attached hydrogens (tertiary/aromatic N) is 2. The number of rotatable bonds is 4. The molecule has 1 rings (SSSR count). The molecule has 0 aliphatic rings. The van der Waals surface area contributed by atoms with Crippen molar-refractivity contribution < 1.29 is 4.79 Å². The standard InChI is InChI=1S/C12H12BrIN2O/c1-2-6-16(7-5-15)12(17)10-8-9(13)3-4-11(10)14/h3-4,8H,2,6-7H2,1H3. The third kappa shape index (κ3) is 3.96. The van der Waals surface area contributed by atoms with Crippen molar-refractivity contribution in [1.29, 1.82) is 5.26 Å². The van der Waals surface area contributed by atoms with Crippen molar-refractivity contribution >= 4 is 44.4 Å². The molecule has 0 saturated carbocycles. The van der Waals surface area contributed by atoms with Gasteiger partial charge in [-0.05, 0) is 47.2 Å². The van der Waals surface area contributed by atoms with E-state index in [-0.39, 0.29) is 12.5 Å². The van der Waals surface area contributed by atoms with Crippen molar-refractivity contribution in [1.82, 2.24) is 4.90 Å². The number of halogens is 2. The summed E-state index contributed by atoms with van der Waals surface area (Å²) in [6, 6.07) is 7.60. The largest absolute Gasteiger partial charge is 0.325 e. The van der Waals surface area contributed by atoms with Gasteiger partial charge in [-0.2, -0.15) is 5.26 Å². The second-order valence-corrected chi connectivity index (χ2v) is 5.59. The first kappa shape index (κ1) is 14.5. The molecule has 5 heteroatoms. The molecule has 0 bridgehead atoms. The smallest absolute Gasteiger partial charge is 0.255 e. The van der Waals surface area contributed by atoms with E-state index < -0.39 is 0 Å². The molecule has 0 N–H and O–H groups in total. The average molecular weight is 407 g/mol. The highest BCUT2D eigenvalue weighted by Crippen LogP contribution is 2.20. The van der Waals surface area contributed by atoms with E-state index in [9.17, 15) is 4.79 Å². The number of carbonyl (C=O) groups is 1. The minimum Gasteiger partial charge on any atom is -0.325 e. The molecule has 0 aliphatic heterocycles. The summed E-state index contributed by atoms with van der Waals surface area (Å²) in [6.45, 7) is 2.73. The number of carbonyl (C=O) groups excluding carboxylic acids is 1. The lowest BCUT2D eigenvalue weighted by molar-refractivity contribution is 0.0775. The highest BCUT2D eigenvalue weighted by atomic mass is 127. The Morgan fingerprint density at radius 1 is 1.59 bits per heavy atom. The second-order valence-electron chi connectivity index (χ2n) is 3.51. The van der Waals surface area contributed by atoms with E-state index in [0.717, 1.165) is 14.5 Å². The fourth-order valence-electron chi connectivity index (χ4n) is 1.44. The third-order valence-corrected chi connectivity index (χ3v) is 3.64. The number of nitriles is 1. The van der Waals surface area contributed by atoms with Gasteiger partial charge in [-0.25, -0.2) is 0 Å². The molecule has 0 radical (unpaired) electrons. The molecule has 0 unspecified atom stereocenters. The lowest BCUT2D eigenvalue weighted by Gasteiger charge is -2.19. The second kappa shape index (κ2) is 6.97. The topological polar surface area (TPSA) is 44.1 Å². The minimum atomic E-state index is -0.0842. The van der Waals surface area contributed by atoms with Gasteiger partial charge in [0.15, 0.2) is 0 Å². The molecule has 3 nitrogen and oxygen atoms in total. The minimum absolute atomic E-state index is 0.0842. The Morgan fingerprint density at radius 2 is 2.29 bits per heavy atom. The van der Waals surface area contributed by atoms with Crippen LogP contribution in [0.4, 0.5) is 0 Å². The molecule has 0 heterocycles. The number of hydrogen-bond acceptors (Lipinski definition) is 2. The maximum absolute atomic E-state index is 12.2. The van der Waals surface area contributed by atoms with Gasteiger partial charge < -0.3 is 4.90 Å². The van der Waals surface area contributed by atoms with Gasteiger partial charge in [0, 0.05) is 14.6 Å². The van der Waals surface area contributed by atoms with E-state index in [0.29, 0.717) is 12.1 Å². The van der Waals surface area contributed by atoms with E-state index in [1.165, 1.54) is 0 Å². The van der Waals surface area contributed by atoms with Crippen LogP contribution in [0.25, 0.3) is 0 Å². The summed E-state index contributed by atoms with van der Waals surface area (Å²) in [5.41, 5.74) is 0.642. The van der Waals surface area contributed by atoms with Crippen LogP contribution in [-0.4, -0.2) is 23.9 Å². The van der Waals surface area contributed by atoms with E-state index in [1.54, 1.807) is 11.0 Å². The molecule has 0 fully saturated rings. The van der Waals surface area contributed by atoms with Crippen molar-refractivity contribution in [3.63, 3.8) is 0 Å². The van der Waals surface area contributed by atoms with E-state index in [1.807, 2.05) is 25.1 Å². The summed E-state index contributed by atoms with van der Waals surface area (Å²) in [5.74, 6) is -0.0842. The highest BCUT2D eigenvalue weighted by molar-refractivity contribution is 14.1. The molecule has 90 valence electrons. The first-order valence-corrected chi connectivity index (χ1v) is 7.08. The maximum Gasteiger partial charge on any atom is 0.255 e. The summed E-state index contributed by atoms with van der Waals surface area (Å²) < 4.78 is 1.77. The van der Waals surface area contributed by atoms with Crippen LogP contribution in [0.3, 0.4) is 0 Å². The van der Waals surface area contributed by atoms with Crippen LogP contribution in [0.2, 0.25) is 0 Å². The van der Waals surface area contributed by atoms with Gasteiger partial charge in [0.2, 0.25) is 0 Å². The fourth-order valence-corrected chi connectivity index (χ4v) is 2.37. The van der Waals surface area contributed by atoms with Crippen molar-refractivity contribution in [3.05, 3.63) is 31.8 Å². The molecule has 0 aliphatic carbocycles. The monoisotopic (exact) mass is 406 g/mol. The summed E-state index contributed by atoms with van der Waals surface area (Å²) in [4.78, 5) is 13.8. The summed E-state index contributed by atoms with van der Waals surface area (Å²) in [7, 11) is 0. The van der Waals surface area contributed by atoms with E-state index in [2.05, 4.69) is 38.5 Å². The Kier molecular flexibility index (Phi) is 5.92. The van der Waals surface area contributed by atoms with Crippen LogP contribution in [-0.2, 0) is 0 Å². The van der Waals surface area contributed by atoms with Crippen molar-refractivity contribution in [2.24, 2.45) is 0 Å². The summed E-state index contributed by atoms with van der Waals surface area (Å²) in [6.07, 6.45) is 0.845. The van der Waals surface area contributed by atoms with Crippen LogP contribution in [0, 0.1) is 14.9 Å². The zero-order chi connectivity index (χ0) is 12.8. The molecule has 17 heavy (non-hydrogen) atoms. The van der Waals surface area contributed by atoms with Gasteiger partial charge in [-0.1, -0.05) is 22.9 Å². The van der Waals surface area contributed by atoms with Crippen molar-refractivity contribution in [3.8, 4) is 6.07 Å². The lowest BCUT2D eigenvalue weighted by Crippen LogP contribution is -2.32. The third-order valence-electron chi connectivity index (χ3n) is 2.20. The van der Waals surface area contributed by atoms with Crippen LogP contribution in [0.5, 0.6) is 0 Å². The summed E-state index contributed by atoms with van der Waals surface area (Å²) >= 11 is 5.48. The summed E-state index contributed by atoms with van der Waals surface area (Å²) in [5, 5.41) is 8.73. The Balaban J connectivity index is 3.00. The molecular formula is C12H12BrIN2O. The van der Waals surface area contributed by atoms with Crippen LogP contribution < -0.4 is 0 Å². The number of amides is 1. The zero-order valence-corrected chi connectivity index (χ0v) is 13.2. The molecule has 1 aromatic carbocycles. The van der Waals surface area contributed by atoms with Gasteiger partial charge in [0.1, 0.15) is 6.54 Å². The normalized spacial score (nSPS) is 9.76.